The van der Waals surface area contributed by atoms with E-state index in [-0.39, 0.29) is 0 Å². The number of likely N-dealkylation sites (tertiary alicyclic amines) is 1. The van der Waals surface area contributed by atoms with Crippen molar-refractivity contribution in [1.29, 1.82) is 0 Å². The molecule has 1 aliphatic heterocycles. The molecule has 0 aromatic heterocycles. The highest BCUT2D eigenvalue weighted by atomic mass is 15.2. The Kier molecular flexibility index (Phi) is 3.91. The number of nitrogens with zero attached hydrogens (tertiary/aromatic N) is 1. The number of rotatable bonds is 3. The summed E-state index contributed by atoms with van der Waals surface area (Å²) in [6.07, 6.45) is 8.32. The minimum Gasteiger partial charge on any atom is -0.330 e. The summed E-state index contributed by atoms with van der Waals surface area (Å²) < 4.78 is 0. The fourth-order valence-corrected chi connectivity index (χ4v) is 3.77. The van der Waals surface area contributed by atoms with Gasteiger partial charge in [-0.05, 0) is 44.1 Å². The van der Waals surface area contributed by atoms with Gasteiger partial charge in [0, 0.05) is 19.1 Å². The van der Waals surface area contributed by atoms with Gasteiger partial charge >= 0.3 is 0 Å². The summed E-state index contributed by atoms with van der Waals surface area (Å²) >= 11 is 0. The molecule has 0 spiro atoms. The van der Waals surface area contributed by atoms with Crippen molar-refractivity contribution in [3.63, 3.8) is 0 Å². The first-order chi connectivity index (χ1) is 7.65. The van der Waals surface area contributed by atoms with Crippen LogP contribution in [0.5, 0.6) is 0 Å². The Morgan fingerprint density at radius 3 is 2.38 bits per heavy atom. The molecule has 94 valence electrons. The number of hydrogen-bond acceptors (Lipinski definition) is 2. The van der Waals surface area contributed by atoms with Gasteiger partial charge in [0.2, 0.25) is 0 Å². The molecule has 2 atom stereocenters. The molecular formula is C14H28N2. The van der Waals surface area contributed by atoms with Crippen molar-refractivity contribution in [2.75, 3.05) is 19.6 Å². The Bertz CT molecular complexity index is 221. The molecule has 0 amide bonds. The molecule has 2 heteroatoms. The zero-order chi connectivity index (χ0) is 11.6. The van der Waals surface area contributed by atoms with Gasteiger partial charge in [0.1, 0.15) is 0 Å². The molecule has 2 rings (SSSR count). The fraction of sp³-hybridized carbons (Fsp3) is 1.00. The van der Waals surface area contributed by atoms with E-state index in [2.05, 4.69) is 18.7 Å². The van der Waals surface area contributed by atoms with Crippen molar-refractivity contribution in [3.05, 3.63) is 0 Å². The molecule has 0 bridgehead atoms. The molecule has 1 aliphatic carbocycles. The maximum atomic E-state index is 6.07. The predicted octanol–water partition coefficient (Wildman–Crippen LogP) is 2.63. The highest BCUT2D eigenvalue weighted by Gasteiger charge is 2.36. The number of hydrogen-bond donors (Lipinski definition) is 1. The zero-order valence-corrected chi connectivity index (χ0v) is 11.0. The summed E-state index contributed by atoms with van der Waals surface area (Å²) in [5.41, 5.74) is 6.52. The summed E-state index contributed by atoms with van der Waals surface area (Å²) in [5, 5.41) is 0. The van der Waals surface area contributed by atoms with Crippen molar-refractivity contribution < 1.29 is 0 Å². The van der Waals surface area contributed by atoms with Gasteiger partial charge in [-0.25, -0.2) is 0 Å². The third-order valence-electron chi connectivity index (χ3n) is 4.80. The van der Waals surface area contributed by atoms with Crippen LogP contribution in [0.3, 0.4) is 0 Å². The summed E-state index contributed by atoms with van der Waals surface area (Å²) in [5.74, 6) is 0.883. The van der Waals surface area contributed by atoms with E-state index in [1.54, 1.807) is 0 Å². The molecule has 2 fully saturated rings. The Morgan fingerprint density at radius 1 is 1.19 bits per heavy atom. The lowest BCUT2D eigenvalue weighted by Gasteiger charge is -2.40. The Morgan fingerprint density at radius 2 is 1.88 bits per heavy atom. The SMILES string of the molecule is CC1CC(C)N(CC2(CN)CCCCC2)C1. The van der Waals surface area contributed by atoms with E-state index in [1.807, 2.05) is 0 Å². The summed E-state index contributed by atoms with van der Waals surface area (Å²) in [7, 11) is 0. The van der Waals surface area contributed by atoms with Crippen LogP contribution in [0.1, 0.15) is 52.4 Å². The molecule has 2 aliphatic rings. The second-order valence-corrected chi connectivity index (χ2v) is 6.38. The molecule has 2 nitrogen and oxygen atoms in total. The third-order valence-corrected chi connectivity index (χ3v) is 4.80. The van der Waals surface area contributed by atoms with Crippen molar-refractivity contribution in [2.24, 2.45) is 17.1 Å². The molecule has 1 saturated carbocycles. The molecule has 0 aromatic rings. The molecule has 0 radical (unpaired) electrons. The Labute approximate surface area is 101 Å². The van der Waals surface area contributed by atoms with Crippen LogP contribution in [0.15, 0.2) is 0 Å². The van der Waals surface area contributed by atoms with Gasteiger partial charge < -0.3 is 5.73 Å². The minimum absolute atomic E-state index is 0.455. The van der Waals surface area contributed by atoms with Crippen LogP contribution in [0.25, 0.3) is 0 Å². The van der Waals surface area contributed by atoms with E-state index in [1.165, 1.54) is 51.6 Å². The molecule has 0 aromatic carbocycles. The van der Waals surface area contributed by atoms with E-state index < -0.39 is 0 Å². The van der Waals surface area contributed by atoms with Gasteiger partial charge in [0.05, 0.1) is 0 Å². The van der Waals surface area contributed by atoms with Gasteiger partial charge in [-0.1, -0.05) is 26.2 Å². The molecule has 16 heavy (non-hydrogen) atoms. The topological polar surface area (TPSA) is 29.3 Å². The lowest BCUT2D eigenvalue weighted by Crippen LogP contribution is -2.45. The maximum absolute atomic E-state index is 6.07. The Hall–Kier alpha value is -0.0800. The van der Waals surface area contributed by atoms with E-state index >= 15 is 0 Å². The summed E-state index contributed by atoms with van der Waals surface area (Å²) in [6, 6.07) is 0.778. The van der Waals surface area contributed by atoms with E-state index in [0.29, 0.717) is 5.41 Å². The van der Waals surface area contributed by atoms with Gasteiger partial charge in [0.15, 0.2) is 0 Å². The highest BCUT2D eigenvalue weighted by Crippen LogP contribution is 2.38. The van der Waals surface area contributed by atoms with Crippen LogP contribution >= 0.6 is 0 Å². The summed E-state index contributed by atoms with van der Waals surface area (Å²) in [6.45, 7) is 8.21. The molecular weight excluding hydrogens is 196 g/mol. The van der Waals surface area contributed by atoms with E-state index in [4.69, 9.17) is 5.73 Å². The second-order valence-electron chi connectivity index (χ2n) is 6.38. The quantitative estimate of drug-likeness (QED) is 0.798. The maximum Gasteiger partial charge on any atom is 0.00702 e. The monoisotopic (exact) mass is 224 g/mol. The third kappa shape index (κ3) is 2.60. The molecule has 1 saturated heterocycles. The van der Waals surface area contributed by atoms with Crippen molar-refractivity contribution in [3.8, 4) is 0 Å². The van der Waals surface area contributed by atoms with Crippen molar-refractivity contribution in [1.82, 2.24) is 4.90 Å². The van der Waals surface area contributed by atoms with Crippen LogP contribution in [0, 0.1) is 11.3 Å². The first-order valence-corrected chi connectivity index (χ1v) is 7.09. The normalized spacial score (nSPS) is 35.4. The molecule has 2 N–H and O–H groups in total. The van der Waals surface area contributed by atoms with Gasteiger partial charge in [-0.3, -0.25) is 4.90 Å². The van der Waals surface area contributed by atoms with Crippen molar-refractivity contribution >= 4 is 0 Å². The average molecular weight is 224 g/mol. The first-order valence-electron chi connectivity index (χ1n) is 7.09. The van der Waals surface area contributed by atoms with Crippen LogP contribution in [-0.4, -0.2) is 30.6 Å². The van der Waals surface area contributed by atoms with Gasteiger partial charge in [0.25, 0.3) is 0 Å². The van der Waals surface area contributed by atoms with Gasteiger partial charge in [-0.15, -0.1) is 0 Å². The van der Waals surface area contributed by atoms with Gasteiger partial charge in [-0.2, -0.15) is 0 Å². The average Bonchev–Trinajstić information content (AvgIpc) is 2.59. The predicted molar refractivity (Wildman–Crippen MR) is 69.4 cm³/mol. The lowest BCUT2D eigenvalue weighted by molar-refractivity contribution is 0.106. The van der Waals surface area contributed by atoms with Crippen LogP contribution in [0.4, 0.5) is 0 Å². The largest absolute Gasteiger partial charge is 0.330 e. The standard InChI is InChI=1S/C14H28N2/c1-12-8-13(2)16(9-12)11-14(10-15)6-4-3-5-7-14/h12-13H,3-11,15H2,1-2H3. The fourth-order valence-electron chi connectivity index (χ4n) is 3.77. The smallest absolute Gasteiger partial charge is 0.00702 e. The highest BCUT2D eigenvalue weighted by molar-refractivity contribution is 4.90. The molecule has 1 heterocycles. The minimum atomic E-state index is 0.455. The zero-order valence-electron chi connectivity index (χ0n) is 11.0. The van der Waals surface area contributed by atoms with E-state index in [0.717, 1.165) is 18.5 Å². The van der Waals surface area contributed by atoms with Crippen LogP contribution in [0.2, 0.25) is 0 Å². The van der Waals surface area contributed by atoms with Crippen LogP contribution < -0.4 is 5.73 Å². The lowest BCUT2D eigenvalue weighted by atomic mass is 9.73. The summed E-state index contributed by atoms with van der Waals surface area (Å²) in [4.78, 5) is 2.70. The second kappa shape index (κ2) is 5.05. The Balaban J connectivity index is 1.95. The molecule has 2 unspecified atom stereocenters. The van der Waals surface area contributed by atoms with E-state index in [9.17, 15) is 0 Å². The number of nitrogens with two attached hydrogens (primary N) is 1. The van der Waals surface area contributed by atoms with Crippen molar-refractivity contribution in [2.45, 2.75) is 58.4 Å². The first kappa shape index (κ1) is 12.4. The van der Waals surface area contributed by atoms with Crippen LogP contribution in [-0.2, 0) is 0 Å².